The molecule has 1 aromatic rings. The largest absolute Gasteiger partial charge is 0.247 e. The highest BCUT2D eigenvalue weighted by atomic mass is 15.4. The summed E-state index contributed by atoms with van der Waals surface area (Å²) in [6.45, 7) is 10.7. The molecule has 0 saturated heterocycles. The Morgan fingerprint density at radius 1 is 1.23 bits per heavy atom. The monoisotopic (exact) mass is 181 g/mol. The van der Waals surface area contributed by atoms with Crippen molar-refractivity contribution in [2.24, 2.45) is 5.92 Å². The van der Waals surface area contributed by atoms with Crippen molar-refractivity contribution in [2.75, 3.05) is 0 Å². The summed E-state index contributed by atoms with van der Waals surface area (Å²) in [4.78, 5) is 0. The van der Waals surface area contributed by atoms with E-state index in [0.717, 1.165) is 12.1 Å². The molecule has 3 heteroatoms. The summed E-state index contributed by atoms with van der Waals surface area (Å²) in [5.74, 6) is 0.662. The van der Waals surface area contributed by atoms with Gasteiger partial charge >= 0.3 is 0 Å². The van der Waals surface area contributed by atoms with Gasteiger partial charge in [0.15, 0.2) is 0 Å². The molecule has 1 heterocycles. The van der Waals surface area contributed by atoms with Crippen LogP contribution in [-0.4, -0.2) is 15.0 Å². The summed E-state index contributed by atoms with van der Waals surface area (Å²) in [5.41, 5.74) is 2.35. The molecule has 0 aromatic carbocycles. The molecular formula is C10H19N3. The Kier molecular flexibility index (Phi) is 3.07. The fourth-order valence-corrected chi connectivity index (χ4v) is 1.44. The average Bonchev–Trinajstić information content (AvgIpc) is 2.32. The lowest BCUT2D eigenvalue weighted by Crippen LogP contribution is -2.10. The molecule has 1 rings (SSSR count). The van der Waals surface area contributed by atoms with E-state index in [4.69, 9.17) is 0 Å². The molecule has 0 radical (unpaired) electrons. The quantitative estimate of drug-likeness (QED) is 0.716. The molecule has 3 nitrogen and oxygen atoms in total. The summed E-state index contributed by atoms with van der Waals surface area (Å²) in [5, 5.41) is 8.24. The topological polar surface area (TPSA) is 30.7 Å². The van der Waals surface area contributed by atoms with Crippen LogP contribution in [0.3, 0.4) is 0 Å². The molecule has 0 atom stereocenters. The molecule has 0 spiro atoms. The fraction of sp³-hybridized carbons (Fsp3) is 0.800. The molecule has 0 aliphatic carbocycles. The van der Waals surface area contributed by atoms with E-state index in [1.807, 2.05) is 11.6 Å². The molecule has 0 amide bonds. The van der Waals surface area contributed by atoms with Gasteiger partial charge in [-0.3, -0.25) is 0 Å². The number of hydrogen-bond acceptors (Lipinski definition) is 2. The van der Waals surface area contributed by atoms with Crippen molar-refractivity contribution in [3.8, 4) is 0 Å². The van der Waals surface area contributed by atoms with Crippen LogP contribution in [0.25, 0.3) is 0 Å². The van der Waals surface area contributed by atoms with Crippen LogP contribution in [-0.2, 0) is 6.42 Å². The van der Waals surface area contributed by atoms with Gasteiger partial charge in [-0.15, -0.1) is 5.10 Å². The summed E-state index contributed by atoms with van der Waals surface area (Å²) >= 11 is 0. The van der Waals surface area contributed by atoms with Crippen molar-refractivity contribution in [2.45, 2.75) is 47.1 Å². The second-order valence-electron chi connectivity index (χ2n) is 4.26. The van der Waals surface area contributed by atoms with Crippen molar-refractivity contribution in [1.82, 2.24) is 15.0 Å². The second kappa shape index (κ2) is 3.90. The van der Waals surface area contributed by atoms with Crippen LogP contribution >= 0.6 is 0 Å². The minimum atomic E-state index is 0.412. The van der Waals surface area contributed by atoms with E-state index in [-0.39, 0.29) is 0 Å². The van der Waals surface area contributed by atoms with Gasteiger partial charge in [0.05, 0.1) is 11.4 Å². The van der Waals surface area contributed by atoms with Gasteiger partial charge in [0.2, 0.25) is 0 Å². The summed E-state index contributed by atoms with van der Waals surface area (Å²) in [7, 11) is 0. The normalized spacial score (nSPS) is 11.6. The molecule has 0 aliphatic rings. The number of rotatable bonds is 3. The maximum absolute atomic E-state index is 4.13. The zero-order chi connectivity index (χ0) is 10.0. The van der Waals surface area contributed by atoms with E-state index in [1.165, 1.54) is 5.69 Å². The van der Waals surface area contributed by atoms with Crippen molar-refractivity contribution in [1.29, 1.82) is 0 Å². The molecule has 0 bridgehead atoms. The average molecular weight is 181 g/mol. The second-order valence-corrected chi connectivity index (χ2v) is 4.26. The van der Waals surface area contributed by atoms with Crippen LogP contribution in [0.15, 0.2) is 0 Å². The summed E-state index contributed by atoms with van der Waals surface area (Å²) < 4.78 is 2.02. The molecular weight excluding hydrogens is 162 g/mol. The Hall–Kier alpha value is -0.860. The minimum absolute atomic E-state index is 0.412. The number of hydrogen-bond donors (Lipinski definition) is 0. The van der Waals surface area contributed by atoms with Crippen LogP contribution in [0.2, 0.25) is 0 Å². The van der Waals surface area contributed by atoms with Gasteiger partial charge in [-0.25, -0.2) is 4.68 Å². The maximum atomic E-state index is 4.13. The highest BCUT2D eigenvalue weighted by Crippen LogP contribution is 2.14. The lowest BCUT2D eigenvalue weighted by Gasteiger charge is -2.11. The first kappa shape index (κ1) is 10.2. The summed E-state index contributed by atoms with van der Waals surface area (Å²) in [6.07, 6.45) is 1.07. The van der Waals surface area contributed by atoms with Crippen molar-refractivity contribution in [3.05, 3.63) is 11.4 Å². The van der Waals surface area contributed by atoms with E-state index in [9.17, 15) is 0 Å². The smallest absolute Gasteiger partial charge is 0.0828 e. The first-order valence-corrected chi connectivity index (χ1v) is 4.93. The van der Waals surface area contributed by atoms with Crippen LogP contribution < -0.4 is 0 Å². The van der Waals surface area contributed by atoms with Crippen LogP contribution in [0.4, 0.5) is 0 Å². The van der Waals surface area contributed by atoms with Crippen molar-refractivity contribution >= 4 is 0 Å². The third-order valence-electron chi connectivity index (χ3n) is 2.08. The van der Waals surface area contributed by atoms with Crippen molar-refractivity contribution < 1.29 is 0 Å². The standard InChI is InChI=1S/C10H19N3/c1-7(2)6-10-9(5)11-12-13(10)8(3)4/h7-8H,6H2,1-5H3. The first-order valence-electron chi connectivity index (χ1n) is 4.93. The Labute approximate surface area is 80.1 Å². The van der Waals surface area contributed by atoms with Crippen molar-refractivity contribution in [3.63, 3.8) is 0 Å². The Bertz CT molecular complexity index is 274. The fourth-order valence-electron chi connectivity index (χ4n) is 1.44. The van der Waals surface area contributed by atoms with Gasteiger partial charge in [-0.1, -0.05) is 19.1 Å². The predicted octanol–water partition coefficient (Wildman–Crippen LogP) is 2.37. The van der Waals surface area contributed by atoms with E-state index in [1.54, 1.807) is 0 Å². The number of nitrogens with zero attached hydrogens (tertiary/aromatic N) is 3. The number of aryl methyl sites for hydroxylation is 1. The van der Waals surface area contributed by atoms with Gasteiger partial charge in [0.1, 0.15) is 0 Å². The third kappa shape index (κ3) is 2.29. The SMILES string of the molecule is Cc1nnn(C(C)C)c1CC(C)C. The summed E-state index contributed by atoms with van der Waals surface area (Å²) in [6, 6.07) is 0.412. The lowest BCUT2D eigenvalue weighted by atomic mass is 10.1. The highest BCUT2D eigenvalue weighted by molar-refractivity contribution is 5.09. The lowest BCUT2D eigenvalue weighted by molar-refractivity contribution is 0.477. The zero-order valence-electron chi connectivity index (χ0n) is 9.20. The highest BCUT2D eigenvalue weighted by Gasteiger charge is 2.12. The maximum Gasteiger partial charge on any atom is 0.0828 e. The number of aromatic nitrogens is 3. The zero-order valence-corrected chi connectivity index (χ0v) is 9.20. The molecule has 0 saturated carbocycles. The Morgan fingerprint density at radius 3 is 2.31 bits per heavy atom. The third-order valence-corrected chi connectivity index (χ3v) is 2.08. The first-order chi connectivity index (χ1) is 6.02. The van der Waals surface area contributed by atoms with Crippen LogP contribution in [0.5, 0.6) is 0 Å². The van der Waals surface area contributed by atoms with Gasteiger partial charge < -0.3 is 0 Å². The van der Waals surface area contributed by atoms with Crippen LogP contribution in [0.1, 0.15) is 45.1 Å². The molecule has 0 N–H and O–H groups in total. The predicted molar refractivity (Wildman–Crippen MR) is 53.7 cm³/mol. The molecule has 0 unspecified atom stereocenters. The minimum Gasteiger partial charge on any atom is -0.247 e. The van der Waals surface area contributed by atoms with E-state index in [0.29, 0.717) is 12.0 Å². The van der Waals surface area contributed by atoms with Gasteiger partial charge in [0, 0.05) is 6.04 Å². The van der Waals surface area contributed by atoms with Crippen LogP contribution in [0, 0.1) is 12.8 Å². The van der Waals surface area contributed by atoms with E-state index in [2.05, 4.69) is 38.0 Å². The molecule has 0 fully saturated rings. The Morgan fingerprint density at radius 2 is 1.85 bits per heavy atom. The van der Waals surface area contributed by atoms with Gasteiger partial charge in [-0.05, 0) is 33.1 Å². The van der Waals surface area contributed by atoms with Gasteiger partial charge in [0.25, 0.3) is 0 Å². The van der Waals surface area contributed by atoms with E-state index >= 15 is 0 Å². The molecule has 0 aliphatic heterocycles. The molecule has 1 aromatic heterocycles. The molecule has 74 valence electrons. The van der Waals surface area contributed by atoms with Gasteiger partial charge in [-0.2, -0.15) is 0 Å². The molecule has 13 heavy (non-hydrogen) atoms. The van der Waals surface area contributed by atoms with E-state index < -0.39 is 0 Å². The Balaban J connectivity index is 2.94.